The van der Waals surface area contributed by atoms with Gasteiger partial charge < -0.3 is 14.4 Å². The van der Waals surface area contributed by atoms with Crippen LogP contribution < -0.4 is 0 Å². The fourth-order valence-corrected chi connectivity index (χ4v) is 3.63. The quantitative estimate of drug-likeness (QED) is 0.726. The minimum absolute atomic E-state index is 0.101. The third-order valence-electron chi connectivity index (χ3n) is 5.25. The molecule has 0 saturated carbocycles. The third-order valence-corrected chi connectivity index (χ3v) is 5.25. The number of phenolic OH excluding ortho intramolecular Hbond substituents is 1. The number of nitrogens with zero attached hydrogens (tertiary/aromatic N) is 2. The van der Waals surface area contributed by atoms with Crippen molar-refractivity contribution < 1.29 is 18.7 Å². The fraction of sp³-hybridized carbons (Fsp3) is 0.273. The summed E-state index contributed by atoms with van der Waals surface area (Å²) in [6, 6.07) is 11.5. The van der Waals surface area contributed by atoms with Gasteiger partial charge in [0.1, 0.15) is 11.6 Å². The molecule has 3 aromatic rings. The molecule has 4 rings (SSSR count). The highest BCUT2D eigenvalue weighted by Gasteiger charge is 2.28. The Balaban J connectivity index is 1.44. The number of amides is 1. The molecule has 0 spiro atoms. The number of piperidine rings is 1. The van der Waals surface area contributed by atoms with Crippen LogP contribution in [0.15, 0.2) is 53.1 Å². The Morgan fingerprint density at radius 3 is 2.71 bits per heavy atom. The van der Waals surface area contributed by atoms with Crippen LogP contribution in [0.2, 0.25) is 0 Å². The van der Waals surface area contributed by atoms with E-state index in [1.807, 2.05) is 31.2 Å². The summed E-state index contributed by atoms with van der Waals surface area (Å²) in [6.07, 6.45) is 3.14. The molecule has 0 radical (unpaired) electrons. The van der Waals surface area contributed by atoms with Crippen molar-refractivity contribution in [2.24, 2.45) is 0 Å². The van der Waals surface area contributed by atoms with E-state index in [1.165, 1.54) is 12.1 Å². The van der Waals surface area contributed by atoms with E-state index in [-0.39, 0.29) is 17.2 Å². The number of phenols is 1. The lowest BCUT2D eigenvalue weighted by Gasteiger charge is -2.30. The van der Waals surface area contributed by atoms with Gasteiger partial charge in [-0.2, -0.15) is 0 Å². The fourth-order valence-electron chi connectivity index (χ4n) is 3.63. The standard InChI is InChI=1S/C22H21FN2O3/c1-14-4-2-3-5-17(14)20-13-24-21(28-20)15-8-10-25(11-9-15)22(27)18-12-16(26)6-7-19(18)23/h2-7,12-13,15,26H,8-11H2,1H3. The number of aromatic nitrogens is 1. The number of aryl methyl sites for hydroxylation is 1. The molecule has 1 fully saturated rings. The van der Waals surface area contributed by atoms with Crippen LogP contribution in [-0.4, -0.2) is 34.0 Å². The maximum Gasteiger partial charge on any atom is 0.256 e. The molecular formula is C22H21FN2O3. The van der Waals surface area contributed by atoms with E-state index in [9.17, 15) is 14.3 Å². The first-order valence-electron chi connectivity index (χ1n) is 9.32. The number of oxazole rings is 1. The van der Waals surface area contributed by atoms with E-state index in [4.69, 9.17) is 4.42 Å². The van der Waals surface area contributed by atoms with Crippen molar-refractivity contribution in [3.63, 3.8) is 0 Å². The lowest BCUT2D eigenvalue weighted by Crippen LogP contribution is -2.38. The number of rotatable bonds is 3. The molecule has 0 aliphatic carbocycles. The van der Waals surface area contributed by atoms with Gasteiger partial charge >= 0.3 is 0 Å². The van der Waals surface area contributed by atoms with Crippen LogP contribution >= 0.6 is 0 Å². The molecule has 2 heterocycles. The minimum Gasteiger partial charge on any atom is -0.508 e. The molecule has 1 N–H and O–H groups in total. The zero-order valence-corrected chi connectivity index (χ0v) is 15.6. The highest BCUT2D eigenvalue weighted by Crippen LogP contribution is 2.32. The van der Waals surface area contributed by atoms with Crippen LogP contribution in [0.25, 0.3) is 11.3 Å². The largest absolute Gasteiger partial charge is 0.508 e. The normalized spacial score (nSPS) is 15.0. The maximum absolute atomic E-state index is 13.9. The Bertz CT molecular complexity index is 1010. The van der Waals surface area contributed by atoms with Gasteiger partial charge in [0, 0.05) is 24.6 Å². The zero-order chi connectivity index (χ0) is 19.7. The van der Waals surface area contributed by atoms with Gasteiger partial charge in [-0.25, -0.2) is 9.37 Å². The lowest BCUT2D eigenvalue weighted by atomic mass is 9.96. The van der Waals surface area contributed by atoms with E-state index in [2.05, 4.69) is 4.98 Å². The van der Waals surface area contributed by atoms with Crippen LogP contribution in [-0.2, 0) is 0 Å². The van der Waals surface area contributed by atoms with Gasteiger partial charge in [0.2, 0.25) is 0 Å². The maximum atomic E-state index is 13.9. The molecule has 0 atom stereocenters. The lowest BCUT2D eigenvalue weighted by molar-refractivity contribution is 0.0701. The molecule has 1 saturated heterocycles. The zero-order valence-electron chi connectivity index (χ0n) is 15.6. The Hall–Kier alpha value is -3.15. The summed E-state index contributed by atoms with van der Waals surface area (Å²) in [7, 11) is 0. The smallest absolute Gasteiger partial charge is 0.256 e. The van der Waals surface area contributed by atoms with Gasteiger partial charge in [-0.3, -0.25) is 4.79 Å². The number of benzene rings is 2. The van der Waals surface area contributed by atoms with E-state index < -0.39 is 11.7 Å². The number of likely N-dealkylation sites (tertiary alicyclic amines) is 1. The second-order valence-electron chi connectivity index (χ2n) is 7.11. The van der Waals surface area contributed by atoms with Gasteiger partial charge in [-0.1, -0.05) is 24.3 Å². The molecule has 6 heteroatoms. The first kappa shape index (κ1) is 18.2. The molecule has 0 bridgehead atoms. The van der Waals surface area contributed by atoms with E-state index in [1.54, 1.807) is 11.1 Å². The number of aromatic hydroxyl groups is 1. The van der Waals surface area contributed by atoms with Crippen molar-refractivity contribution in [2.45, 2.75) is 25.7 Å². The summed E-state index contributed by atoms with van der Waals surface area (Å²) < 4.78 is 19.9. The molecule has 1 amide bonds. The highest BCUT2D eigenvalue weighted by atomic mass is 19.1. The number of hydrogen-bond acceptors (Lipinski definition) is 4. The average Bonchev–Trinajstić information content (AvgIpc) is 3.20. The predicted octanol–water partition coefficient (Wildman–Crippen LogP) is 4.51. The Morgan fingerprint density at radius 2 is 1.96 bits per heavy atom. The number of carbonyl (C=O) groups is 1. The Kier molecular flexibility index (Phi) is 4.86. The summed E-state index contributed by atoms with van der Waals surface area (Å²) in [6.45, 7) is 3.00. The van der Waals surface area contributed by atoms with Gasteiger partial charge in [-0.05, 0) is 43.5 Å². The molecule has 0 unspecified atom stereocenters. The topological polar surface area (TPSA) is 66.6 Å². The second kappa shape index (κ2) is 7.46. The van der Waals surface area contributed by atoms with Crippen LogP contribution in [0, 0.1) is 12.7 Å². The van der Waals surface area contributed by atoms with Crippen LogP contribution in [0.4, 0.5) is 4.39 Å². The summed E-state index contributed by atoms with van der Waals surface area (Å²) in [5, 5.41) is 9.53. The summed E-state index contributed by atoms with van der Waals surface area (Å²) in [4.78, 5) is 18.6. The number of halogens is 1. The van der Waals surface area contributed by atoms with Gasteiger partial charge in [-0.15, -0.1) is 0 Å². The molecule has 1 aromatic heterocycles. The van der Waals surface area contributed by atoms with Crippen molar-refractivity contribution in [3.05, 3.63) is 71.5 Å². The third kappa shape index (κ3) is 3.50. The van der Waals surface area contributed by atoms with Gasteiger partial charge in [0.25, 0.3) is 5.91 Å². The Labute approximate surface area is 162 Å². The summed E-state index contributed by atoms with van der Waals surface area (Å²) in [5.74, 6) is 0.390. The van der Waals surface area contributed by atoms with Crippen molar-refractivity contribution >= 4 is 5.91 Å². The van der Waals surface area contributed by atoms with Crippen molar-refractivity contribution in [3.8, 4) is 17.1 Å². The SMILES string of the molecule is Cc1ccccc1-c1cnc(C2CCN(C(=O)c3cc(O)ccc3F)CC2)o1. The van der Waals surface area contributed by atoms with Gasteiger partial charge in [0.05, 0.1) is 11.8 Å². The first-order valence-corrected chi connectivity index (χ1v) is 9.32. The summed E-state index contributed by atoms with van der Waals surface area (Å²) >= 11 is 0. The molecule has 1 aliphatic rings. The molecule has 144 valence electrons. The van der Waals surface area contributed by atoms with E-state index >= 15 is 0 Å². The number of carbonyl (C=O) groups excluding carboxylic acids is 1. The number of hydrogen-bond donors (Lipinski definition) is 1. The summed E-state index contributed by atoms with van der Waals surface area (Å²) in [5.41, 5.74) is 2.04. The van der Waals surface area contributed by atoms with Crippen LogP contribution in [0.3, 0.4) is 0 Å². The first-order chi connectivity index (χ1) is 13.5. The van der Waals surface area contributed by atoms with Crippen LogP contribution in [0.5, 0.6) is 5.75 Å². The minimum atomic E-state index is -0.625. The van der Waals surface area contributed by atoms with Crippen molar-refractivity contribution in [1.82, 2.24) is 9.88 Å². The predicted molar refractivity (Wildman–Crippen MR) is 103 cm³/mol. The van der Waals surface area contributed by atoms with Crippen molar-refractivity contribution in [1.29, 1.82) is 0 Å². The molecule has 1 aliphatic heterocycles. The Morgan fingerprint density at radius 1 is 1.21 bits per heavy atom. The van der Waals surface area contributed by atoms with Crippen LogP contribution in [0.1, 0.15) is 40.6 Å². The molecule has 5 nitrogen and oxygen atoms in total. The van der Waals surface area contributed by atoms with Gasteiger partial charge in [0.15, 0.2) is 11.7 Å². The van der Waals surface area contributed by atoms with E-state index in [0.29, 0.717) is 31.8 Å². The monoisotopic (exact) mass is 380 g/mol. The molecular weight excluding hydrogens is 359 g/mol. The van der Waals surface area contributed by atoms with Crippen molar-refractivity contribution in [2.75, 3.05) is 13.1 Å². The molecule has 28 heavy (non-hydrogen) atoms. The molecule has 2 aromatic carbocycles. The average molecular weight is 380 g/mol. The highest BCUT2D eigenvalue weighted by molar-refractivity contribution is 5.95. The second-order valence-corrected chi connectivity index (χ2v) is 7.11. The van der Waals surface area contributed by atoms with E-state index in [0.717, 1.165) is 23.0 Å².